The smallest absolute Gasteiger partial charge is 0.179 e. The highest BCUT2D eigenvalue weighted by Gasteiger charge is 2.16. The standard InChI is InChI=1S/C10H12FNO3S/c1-12-9-5-7(11)3-4-8(9)10(13)6-16(2,14)15/h3-5,12H,6H2,1-2H3. The van der Waals surface area contributed by atoms with Crippen LogP contribution in [-0.2, 0) is 9.84 Å². The molecule has 0 aliphatic carbocycles. The molecular formula is C10H12FNO3S. The number of nitrogens with one attached hydrogen (secondary N) is 1. The van der Waals surface area contributed by atoms with Crippen molar-refractivity contribution < 1.29 is 17.6 Å². The third-order valence-electron chi connectivity index (χ3n) is 1.94. The van der Waals surface area contributed by atoms with Gasteiger partial charge in [0.2, 0.25) is 0 Å². The van der Waals surface area contributed by atoms with Gasteiger partial charge in [-0.3, -0.25) is 4.79 Å². The van der Waals surface area contributed by atoms with E-state index in [1.54, 1.807) is 0 Å². The molecule has 0 aliphatic rings. The molecule has 0 atom stereocenters. The fourth-order valence-corrected chi connectivity index (χ4v) is 1.91. The van der Waals surface area contributed by atoms with Gasteiger partial charge in [-0.2, -0.15) is 0 Å². The summed E-state index contributed by atoms with van der Waals surface area (Å²) >= 11 is 0. The van der Waals surface area contributed by atoms with Gasteiger partial charge < -0.3 is 5.32 Å². The summed E-state index contributed by atoms with van der Waals surface area (Å²) in [5, 5.41) is 2.65. The lowest BCUT2D eigenvalue weighted by Crippen LogP contribution is -2.16. The Morgan fingerprint density at radius 1 is 1.44 bits per heavy atom. The largest absolute Gasteiger partial charge is 0.387 e. The highest BCUT2D eigenvalue weighted by atomic mass is 32.2. The highest BCUT2D eigenvalue weighted by Crippen LogP contribution is 2.17. The molecule has 1 rings (SSSR count). The maximum absolute atomic E-state index is 12.9. The number of benzene rings is 1. The fourth-order valence-electron chi connectivity index (χ4n) is 1.28. The SMILES string of the molecule is CNc1cc(F)ccc1C(=O)CS(C)(=O)=O. The van der Waals surface area contributed by atoms with E-state index in [9.17, 15) is 17.6 Å². The number of hydrogen-bond acceptors (Lipinski definition) is 4. The van der Waals surface area contributed by atoms with Crippen molar-refractivity contribution in [2.45, 2.75) is 0 Å². The lowest BCUT2D eigenvalue weighted by Gasteiger charge is -2.07. The van der Waals surface area contributed by atoms with E-state index < -0.39 is 27.2 Å². The number of ketones is 1. The summed E-state index contributed by atoms with van der Waals surface area (Å²) in [6, 6.07) is 3.54. The van der Waals surface area contributed by atoms with Crippen LogP contribution in [0.1, 0.15) is 10.4 Å². The molecule has 0 aliphatic heterocycles. The first kappa shape index (κ1) is 12.6. The van der Waals surface area contributed by atoms with Crippen LogP contribution in [0.3, 0.4) is 0 Å². The molecule has 0 heterocycles. The van der Waals surface area contributed by atoms with Gasteiger partial charge >= 0.3 is 0 Å². The van der Waals surface area contributed by atoms with Crippen LogP contribution in [-0.4, -0.2) is 33.3 Å². The van der Waals surface area contributed by atoms with Crippen LogP contribution in [0.15, 0.2) is 18.2 Å². The monoisotopic (exact) mass is 245 g/mol. The van der Waals surface area contributed by atoms with Crippen molar-refractivity contribution >= 4 is 21.3 Å². The molecule has 1 aromatic rings. The molecule has 0 saturated carbocycles. The van der Waals surface area contributed by atoms with Crippen molar-refractivity contribution in [3.05, 3.63) is 29.6 Å². The van der Waals surface area contributed by atoms with Gasteiger partial charge in [-0.15, -0.1) is 0 Å². The second-order valence-electron chi connectivity index (χ2n) is 3.43. The fraction of sp³-hybridized carbons (Fsp3) is 0.300. The maximum atomic E-state index is 12.9. The quantitative estimate of drug-likeness (QED) is 0.807. The number of sulfone groups is 1. The predicted molar refractivity (Wildman–Crippen MR) is 60.0 cm³/mol. The number of carbonyl (C=O) groups is 1. The van der Waals surface area contributed by atoms with Gasteiger partial charge in [0.1, 0.15) is 11.6 Å². The second-order valence-corrected chi connectivity index (χ2v) is 5.57. The average molecular weight is 245 g/mol. The van der Waals surface area contributed by atoms with Crippen molar-refractivity contribution in [1.29, 1.82) is 0 Å². The van der Waals surface area contributed by atoms with E-state index in [1.807, 2.05) is 0 Å². The molecule has 88 valence electrons. The predicted octanol–water partition coefficient (Wildman–Crippen LogP) is 1.09. The van der Waals surface area contributed by atoms with E-state index in [0.717, 1.165) is 18.4 Å². The zero-order valence-corrected chi connectivity index (χ0v) is 9.77. The lowest BCUT2D eigenvalue weighted by atomic mass is 10.1. The summed E-state index contributed by atoms with van der Waals surface area (Å²) in [6.07, 6.45) is 0.980. The molecule has 0 saturated heterocycles. The minimum atomic E-state index is -3.38. The Kier molecular flexibility index (Phi) is 3.64. The zero-order valence-electron chi connectivity index (χ0n) is 8.95. The molecule has 16 heavy (non-hydrogen) atoms. The van der Waals surface area contributed by atoms with Gasteiger partial charge in [-0.1, -0.05) is 0 Å². The van der Waals surface area contributed by atoms with E-state index in [-0.39, 0.29) is 11.3 Å². The van der Waals surface area contributed by atoms with Gasteiger partial charge in [0.25, 0.3) is 0 Å². The van der Waals surface area contributed by atoms with Crippen LogP contribution in [0.5, 0.6) is 0 Å². The Bertz CT molecular complexity index is 511. The minimum Gasteiger partial charge on any atom is -0.387 e. The highest BCUT2D eigenvalue weighted by molar-refractivity contribution is 7.91. The van der Waals surface area contributed by atoms with Gasteiger partial charge in [0, 0.05) is 24.6 Å². The van der Waals surface area contributed by atoms with E-state index in [1.165, 1.54) is 13.1 Å². The Balaban J connectivity index is 3.09. The first-order valence-electron chi connectivity index (χ1n) is 4.51. The van der Waals surface area contributed by atoms with Crippen molar-refractivity contribution in [3.63, 3.8) is 0 Å². The molecule has 4 nitrogen and oxygen atoms in total. The van der Waals surface area contributed by atoms with Crippen LogP contribution < -0.4 is 5.32 Å². The molecule has 0 unspecified atom stereocenters. The van der Waals surface area contributed by atoms with Crippen LogP contribution in [0.4, 0.5) is 10.1 Å². The summed E-state index contributed by atoms with van der Waals surface area (Å²) in [6.45, 7) is 0. The van der Waals surface area contributed by atoms with Gasteiger partial charge in [0.05, 0.1) is 0 Å². The molecule has 1 N–H and O–H groups in total. The van der Waals surface area contributed by atoms with E-state index in [2.05, 4.69) is 5.32 Å². The summed E-state index contributed by atoms with van der Waals surface area (Å²) < 4.78 is 34.8. The molecule has 0 amide bonds. The zero-order chi connectivity index (χ0) is 12.3. The summed E-state index contributed by atoms with van der Waals surface area (Å²) in [5.74, 6) is -1.61. The summed E-state index contributed by atoms with van der Waals surface area (Å²) in [4.78, 5) is 11.6. The van der Waals surface area contributed by atoms with E-state index in [0.29, 0.717) is 0 Å². The van der Waals surface area contributed by atoms with Crippen LogP contribution in [0.25, 0.3) is 0 Å². The third kappa shape index (κ3) is 3.30. The van der Waals surface area contributed by atoms with Crippen LogP contribution in [0.2, 0.25) is 0 Å². The van der Waals surface area contributed by atoms with Crippen LogP contribution in [0, 0.1) is 5.82 Å². The molecule has 0 fully saturated rings. The molecule has 1 aromatic carbocycles. The van der Waals surface area contributed by atoms with Crippen molar-refractivity contribution in [2.24, 2.45) is 0 Å². The van der Waals surface area contributed by atoms with Crippen molar-refractivity contribution in [2.75, 3.05) is 24.4 Å². The minimum absolute atomic E-state index is 0.175. The Labute approximate surface area is 93.4 Å². The third-order valence-corrected chi connectivity index (χ3v) is 2.73. The number of anilines is 1. The maximum Gasteiger partial charge on any atom is 0.179 e. The first-order valence-corrected chi connectivity index (χ1v) is 6.58. The molecule has 0 spiro atoms. The normalized spacial score (nSPS) is 11.2. The topological polar surface area (TPSA) is 63.2 Å². The second kappa shape index (κ2) is 4.61. The molecule has 0 bridgehead atoms. The number of Topliss-reactive ketones (excluding diaryl/α,β-unsaturated/α-hetero) is 1. The van der Waals surface area contributed by atoms with Crippen molar-refractivity contribution in [3.8, 4) is 0 Å². The van der Waals surface area contributed by atoms with Crippen molar-refractivity contribution in [1.82, 2.24) is 0 Å². The van der Waals surface area contributed by atoms with Gasteiger partial charge in [0.15, 0.2) is 15.6 Å². The molecule has 6 heteroatoms. The van der Waals surface area contributed by atoms with E-state index >= 15 is 0 Å². The molecular weight excluding hydrogens is 233 g/mol. The number of hydrogen-bond donors (Lipinski definition) is 1. The van der Waals surface area contributed by atoms with E-state index in [4.69, 9.17) is 0 Å². The van der Waals surface area contributed by atoms with Gasteiger partial charge in [-0.05, 0) is 18.2 Å². The number of carbonyl (C=O) groups excluding carboxylic acids is 1. The number of halogens is 1. The Hall–Kier alpha value is -1.43. The first-order chi connectivity index (χ1) is 7.33. The Morgan fingerprint density at radius 3 is 2.56 bits per heavy atom. The average Bonchev–Trinajstić information content (AvgIpc) is 2.14. The summed E-state index contributed by atoms with van der Waals surface area (Å²) in [7, 11) is -1.84. The number of rotatable bonds is 4. The lowest BCUT2D eigenvalue weighted by molar-refractivity contribution is 0.102. The molecule has 0 radical (unpaired) electrons. The Morgan fingerprint density at radius 2 is 2.06 bits per heavy atom. The van der Waals surface area contributed by atoms with Gasteiger partial charge in [-0.25, -0.2) is 12.8 Å². The molecule has 0 aromatic heterocycles. The summed E-state index contributed by atoms with van der Waals surface area (Å²) in [5.41, 5.74) is 0.461. The van der Waals surface area contributed by atoms with Crippen LogP contribution >= 0.6 is 0 Å².